The number of alkyl halides is 3. The molecule has 3 rings (SSSR count). The van der Waals surface area contributed by atoms with Crippen molar-refractivity contribution in [2.45, 2.75) is 12.7 Å². The van der Waals surface area contributed by atoms with Crippen molar-refractivity contribution >= 4 is 17.5 Å². The van der Waals surface area contributed by atoms with Gasteiger partial charge >= 0.3 is 6.18 Å². The van der Waals surface area contributed by atoms with E-state index in [2.05, 4.69) is 15.4 Å². The number of amides is 1. The summed E-state index contributed by atoms with van der Waals surface area (Å²) in [5.41, 5.74) is -0.0979. The Morgan fingerprint density at radius 3 is 2.69 bits per heavy atom. The largest absolute Gasteiger partial charge is 0.417 e. The number of pyridine rings is 1. The first-order valence-corrected chi connectivity index (χ1v) is 7.80. The van der Waals surface area contributed by atoms with Gasteiger partial charge in [0.05, 0.1) is 22.8 Å². The van der Waals surface area contributed by atoms with Crippen molar-refractivity contribution in [3.63, 3.8) is 0 Å². The molecular formula is C16H13ClF3N5O. The SMILES string of the molecule is Cn1ccc(CNC(=O)c2cccn2-c2ncc(C(F)(F)F)cc2Cl)n1. The lowest BCUT2D eigenvalue weighted by Crippen LogP contribution is -2.25. The van der Waals surface area contributed by atoms with Crippen molar-refractivity contribution in [3.05, 3.63) is 64.8 Å². The van der Waals surface area contributed by atoms with Gasteiger partial charge in [-0.2, -0.15) is 18.3 Å². The molecule has 1 N–H and O–H groups in total. The average molecular weight is 384 g/mol. The Morgan fingerprint density at radius 1 is 1.31 bits per heavy atom. The molecule has 1 amide bonds. The molecule has 0 radical (unpaired) electrons. The number of hydrogen-bond acceptors (Lipinski definition) is 3. The van der Waals surface area contributed by atoms with Gasteiger partial charge in [0.25, 0.3) is 5.91 Å². The number of carbonyl (C=O) groups is 1. The van der Waals surface area contributed by atoms with Gasteiger partial charge in [-0.15, -0.1) is 0 Å². The van der Waals surface area contributed by atoms with Gasteiger partial charge in [-0.25, -0.2) is 4.98 Å². The minimum Gasteiger partial charge on any atom is -0.345 e. The van der Waals surface area contributed by atoms with Crippen molar-refractivity contribution in [1.29, 1.82) is 0 Å². The summed E-state index contributed by atoms with van der Waals surface area (Å²) >= 11 is 5.95. The highest BCUT2D eigenvalue weighted by atomic mass is 35.5. The van der Waals surface area contributed by atoms with E-state index in [4.69, 9.17) is 11.6 Å². The monoisotopic (exact) mass is 383 g/mol. The van der Waals surface area contributed by atoms with E-state index in [0.717, 1.165) is 6.07 Å². The number of halogens is 4. The standard InChI is InChI=1S/C16H13ClF3N5O/c1-24-6-4-11(23-24)9-22-15(26)13-3-2-5-25(13)14-12(17)7-10(8-21-14)16(18,19)20/h2-8H,9H2,1H3,(H,22,26). The molecule has 0 saturated carbocycles. The Balaban J connectivity index is 1.83. The number of aromatic nitrogens is 4. The second-order valence-corrected chi connectivity index (χ2v) is 5.86. The molecule has 0 aliphatic heterocycles. The van der Waals surface area contributed by atoms with Crippen LogP contribution in [0.2, 0.25) is 5.02 Å². The van der Waals surface area contributed by atoms with Crippen LogP contribution >= 0.6 is 11.6 Å². The third-order valence-electron chi connectivity index (χ3n) is 3.56. The third-order valence-corrected chi connectivity index (χ3v) is 3.84. The molecule has 3 heterocycles. The van der Waals surface area contributed by atoms with Crippen molar-refractivity contribution in [2.24, 2.45) is 7.05 Å². The summed E-state index contributed by atoms with van der Waals surface area (Å²) in [7, 11) is 1.76. The van der Waals surface area contributed by atoms with Crippen LogP contribution in [-0.2, 0) is 19.8 Å². The van der Waals surface area contributed by atoms with Crippen LogP contribution in [0, 0.1) is 0 Å². The lowest BCUT2D eigenvalue weighted by Gasteiger charge is -2.12. The number of nitrogens with one attached hydrogen (secondary N) is 1. The minimum atomic E-state index is -4.55. The van der Waals surface area contributed by atoms with Gasteiger partial charge in [0, 0.05) is 25.6 Å². The molecule has 0 unspecified atom stereocenters. The van der Waals surface area contributed by atoms with Gasteiger partial charge in [0.1, 0.15) is 5.69 Å². The number of nitrogens with zero attached hydrogens (tertiary/aromatic N) is 4. The van der Waals surface area contributed by atoms with Gasteiger partial charge < -0.3 is 5.32 Å². The summed E-state index contributed by atoms with van der Waals surface area (Å²) in [6, 6.07) is 5.63. The van der Waals surface area contributed by atoms with Gasteiger partial charge in [-0.1, -0.05) is 11.6 Å². The first kappa shape index (κ1) is 18.0. The smallest absolute Gasteiger partial charge is 0.345 e. The van der Waals surface area contributed by atoms with Gasteiger partial charge in [-0.05, 0) is 24.3 Å². The zero-order chi connectivity index (χ0) is 18.9. The van der Waals surface area contributed by atoms with Crippen LogP contribution in [-0.4, -0.2) is 25.2 Å². The Bertz CT molecular complexity index is 948. The molecule has 0 fully saturated rings. The van der Waals surface area contributed by atoms with E-state index in [1.165, 1.54) is 16.8 Å². The number of carbonyl (C=O) groups excluding carboxylic acids is 1. The van der Waals surface area contributed by atoms with Crippen LogP contribution in [0.4, 0.5) is 13.2 Å². The minimum absolute atomic E-state index is 0.0349. The molecule has 0 aromatic carbocycles. The van der Waals surface area contributed by atoms with Gasteiger partial charge in [-0.3, -0.25) is 14.0 Å². The molecule has 0 aliphatic carbocycles. The van der Waals surface area contributed by atoms with Crippen LogP contribution in [0.5, 0.6) is 0 Å². The van der Waals surface area contributed by atoms with Crippen LogP contribution in [0.25, 0.3) is 5.82 Å². The lowest BCUT2D eigenvalue weighted by molar-refractivity contribution is -0.137. The van der Waals surface area contributed by atoms with Crippen molar-refractivity contribution < 1.29 is 18.0 Å². The van der Waals surface area contributed by atoms with Crippen LogP contribution in [0.3, 0.4) is 0 Å². The molecule has 0 atom stereocenters. The molecule has 0 saturated heterocycles. The maximum atomic E-state index is 12.7. The highest BCUT2D eigenvalue weighted by Crippen LogP contribution is 2.32. The van der Waals surface area contributed by atoms with E-state index in [0.29, 0.717) is 11.9 Å². The fourth-order valence-electron chi connectivity index (χ4n) is 2.33. The van der Waals surface area contributed by atoms with Crippen LogP contribution in [0.15, 0.2) is 42.9 Å². The Morgan fingerprint density at radius 2 is 2.08 bits per heavy atom. The normalized spacial score (nSPS) is 11.6. The summed E-state index contributed by atoms with van der Waals surface area (Å²) in [5, 5.41) is 6.63. The lowest BCUT2D eigenvalue weighted by atomic mass is 10.2. The van der Waals surface area contributed by atoms with Crippen molar-refractivity contribution in [3.8, 4) is 5.82 Å². The molecular weight excluding hydrogens is 371 g/mol. The summed E-state index contributed by atoms with van der Waals surface area (Å²) in [6.07, 6.45) is -0.626. The predicted molar refractivity (Wildman–Crippen MR) is 88.0 cm³/mol. The van der Waals surface area contributed by atoms with E-state index in [9.17, 15) is 18.0 Å². The number of hydrogen-bond donors (Lipinski definition) is 1. The van der Waals surface area contributed by atoms with Crippen LogP contribution in [0.1, 0.15) is 21.7 Å². The Hall–Kier alpha value is -2.81. The topological polar surface area (TPSA) is 64.7 Å². The maximum Gasteiger partial charge on any atom is 0.417 e. The quantitative estimate of drug-likeness (QED) is 0.752. The number of aryl methyl sites for hydroxylation is 1. The Kier molecular flexibility index (Phi) is 4.73. The van der Waals surface area contributed by atoms with E-state index >= 15 is 0 Å². The highest BCUT2D eigenvalue weighted by molar-refractivity contribution is 6.32. The first-order valence-electron chi connectivity index (χ1n) is 7.43. The van der Waals surface area contributed by atoms with Gasteiger partial charge in [0.15, 0.2) is 5.82 Å². The molecule has 6 nitrogen and oxygen atoms in total. The molecule has 0 spiro atoms. The van der Waals surface area contributed by atoms with Crippen molar-refractivity contribution in [2.75, 3.05) is 0 Å². The summed E-state index contributed by atoms with van der Waals surface area (Å²) in [5.74, 6) is -0.397. The molecule has 136 valence electrons. The third kappa shape index (κ3) is 3.72. The molecule has 3 aromatic rings. The fraction of sp³-hybridized carbons (Fsp3) is 0.188. The van der Waals surface area contributed by atoms with E-state index in [-0.39, 0.29) is 23.1 Å². The van der Waals surface area contributed by atoms with Crippen molar-refractivity contribution in [1.82, 2.24) is 24.6 Å². The van der Waals surface area contributed by atoms with E-state index in [1.807, 2.05) is 0 Å². The zero-order valence-corrected chi connectivity index (χ0v) is 14.2. The first-order chi connectivity index (χ1) is 12.3. The fourth-order valence-corrected chi connectivity index (χ4v) is 2.59. The highest BCUT2D eigenvalue weighted by Gasteiger charge is 2.32. The van der Waals surface area contributed by atoms with Gasteiger partial charge in [0.2, 0.25) is 0 Å². The predicted octanol–water partition coefficient (Wildman–Crippen LogP) is 3.21. The molecule has 3 aromatic heterocycles. The molecule has 0 bridgehead atoms. The molecule has 26 heavy (non-hydrogen) atoms. The maximum absolute atomic E-state index is 12.7. The van der Waals surface area contributed by atoms with E-state index in [1.54, 1.807) is 30.1 Å². The molecule has 10 heteroatoms. The zero-order valence-electron chi connectivity index (χ0n) is 13.5. The van der Waals surface area contributed by atoms with Crippen LogP contribution < -0.4 is 5.32 Å². The summed E-state index contributed by atoms with van der Waals surface area (Å²) in [6.45, 7) is 0.207. The second-order valence-electron chi connectivity index (χ2n) is 5.45. The summed E-state index contributed by atoms with van der Waals surface area (Å²) < 4.78 is 41.1. The Labute approximate surface area is 151 Å². The summed E-state index contributed by atoms with van der Waals surface area (Å²) in [4.78, 5) is 16.2. The molecule has 0 aliphatic rings. The second kappa shape index (κ2) is 6.83. The number of rotatable bonds is 4. The van der Waals surface area contributed by atoms with E-state index < -0.39 is 17.6 Å². The average Bonchev–Trinajstić information content (AvgIpc) is 3.20.